The predicted octanol–water partition coefficient (Wildman–Crippen LogP) is 2.01. The molecule has 1 aromatic carbocycles. The molecule has 1 heterocycles. The SMILES string of the molecule is COC(=O)C1=C(C(=O)OC)N(c2ccc(F)cc2C(=O)O)C=CC=C1. The highest BCUT2D eigenvalue weighted by Crippen LogP contribution is 2.29. The lowest BCUT2D eigenvalue weighted by molar-refractivity contribution is -0.139. The lowest BCUT2D eigenvalue weighted by Gasteiger charge is -2.24. The van der Waals surface area contributed by atoms with Crippen LogP contribution in [-0.4, -0.2) is 37.2 Å². The molecule has 0 fully saturated rings. The number of carbonyl (C=O) groups excluding carboxylic acids is 2. The fourth-order valence-electron chi connectivity index (χ4n) is 2.24. The highest BCUT2D eigenvalue weighted by Gasteiger charge is 2.29. The van der Waals surface area contributed by atoms with Crippen LogP contribution in [0.5, 0.6) is 0 Å². The molecule has 0 saturated heterocycles. The zero-order valence-electron chi connectivity index (χ0n) is 13.4. The Morgan fingerprint density at radius 2 is 1.76 bits per heavy atom. The summed E-state index contributed by atoms with van der Waals surface area (Å²) in [5.41, 5.74) is -0.804. The number of esters is 2. The molecule has 0 unspecified atom stereocenters. The molecule has 0 saturated carbocycles. The van der Waals surface area contributed by atoms with Crippen LogP contribution in [0.2, 0.25) is 0 Å². The minimum Gasteiger partial charge on any atom is -0.478 e. The molecule has 25 heavy (non-hydrogen) atoms. The lowest BCUT2D eigenvalue weighted by Crippen LogP contribution is -2.28. The van der Waals surface area contributed by atoms with Gasteiger partial charge >= 0.3 is 17.9 Å². The number of carbonyl (C=O) groups is 3. The zero-order chi connectivity index (χ0) is 18.6. The fraction of sp³-hybridized carbons (Fsp3) is 0.118. The van der Waals surface area contributed by atoms with Crippen molar-refractivity contribution < 1.29 is 33.4 Å². The highest BCUT2D eigenvalue weighted by atomic mass is 19.1. The first-order chi connectivity index (χ1) is 11.9. The molecule has 1 N–H and O–H groups in total. The number of hydrogen-bond acceptors (Lipinski definition) is 6. The number of carboxylic acids is 1. The molecule has 0 bridgehead atoms. The van der Waals surface area contributed by atoms with Crippen LogP contribution >= 0.6 is 0 Å². The van der Waals surface area contributed by atoms with Crippen molar-refractivity contribution >= 4 is 23.6 Å². The van der Waals surface area contributed by atoms with E-state index in [1.165, 1.54) is 30.5 Å². The number of benzene rings is 1. The maximum Gasteiger partial charge on any atom is 0.355 e. The molecule has 0 aliphatic carbocycles. The molecule has 0 atom stereocenters. The molecule has 1 aromatic rings. The van der Waals surface area contributed by atoms with Crippen LogP contribution < -0.4 is 4.90 Å². The van der Waals surface area contributed by atoms with E-state index in [2.05, 4.69) is 4.74 Å². The minimum atomic E-state index is -1.40. The Hall–Kier alpha value is -3.42. The summed E-state index contributed by atoms with van der Waals surface area (Å²) < 4.78 is 22.8. The molecular formula is C17H14FNO6. The van der Waals surface area contributed by atoms with Crippen LogP contribution in [0.25, 0.3) is 0 Å². The Balaban J connectivity index is 2.76. The molecule has 1 aliphatic rings. The predicted molar refractivity (Wildman–Crippen MR) is 85.2 cm³/mol. The summed E-state index contributed by atoms with van der Waals surface area (Å²) >= 11 is 0. The van der Waals surface area contributed by atoms with Crippen LogP contribution in [0, 0.1) is 5.82 Å². The monoisotopic (exact) mass is 347 g/mol. The number of rotatable bonds is 4. The number of ether oxygens (including phenoxy) is 2. The van der Waals surface area contributed by atoms with E-state index in [0.29, 0.717) is 0 Å². The largest absolute Gasteiger partial charge is 0.478 e. The fourth-order valence-corrected chi connectivity index (χ4v) is 2.24. The van der Waals surface area contributed by atoms with Gasteiger partial charge < -0.3 is 19.5 Å². The van der Waals surface area contributed by atoms with E-state index >= 15 is 0 Å². The molecule has 0 aromatic heterocycles. The van der Waals surface area contributed by atoms with Crippen molar-refractivity contribution in [3.63, 3.8) is 0 Å². The van der Waals surface area contributed by atoms with E-state index in [1.807, 2.05) is 0 Å². The summed E-state index contributed by atoms with van der Waals surface area (Å²) in [4.78, 5) is 36.9. The molecule has 2 rings (SSSR count). The van der Waals surface area contributed by atoms with Crippen molar-refractivity contribution in [2.45, 2.75) is 0 Å². The van der Waals surface area contributed by atoms with Crippen molar-refractivity contribution in [2.24, 2.45) is 0 Å². The summed E-state index contributed by atoms with van der Waals surface area (Å²) in [6.45, 7) is 0. The van der Waals surface area contributed by atoms with Gasteiger partial charge in [0.2, 0.25) is 0 Å². The molecule has 0 spiro atoms. The van der Waals surface area contributed by atoms with Crippen molar-refractivity contribution in [2.75, 3.05) is 19.1 Å². The van der Waals surface area contributed by atoms with Gasteiger partial charge in [0.05, 0.1) is 31.0 Å². The third-order valence-corrected chi connectivity index (χ3v) is 3.34. The second kappa shape index (κ2) is 7.43. The average Bonchev–Trinajstić information content (AvgIpc) is 2.83. The second-order valence-electron chi connectivity index (χ2n) is 4.78. The number of hydrogen-bond donors (Lipinski definition) is 1. The number of nitrogens with zero attached hydrogens (tertiary/aromatic N) is 1. The van der Waals surface area contributed by atoms with Crippen LogP contribution in [0.1, 0.15) is 10.4 Å². The normalized spacial score (nSPS) is 13.5. The van der Waals surface area contributed by atoms with Crippen molar-refractivity contribution in [3.05, 3.63) is 65.3 Å². The van der Waals surface area contributed by atoms with Gasteiger partial charge in [-0.2, -0.15) is 0 Å². The van der Waals surface area contributed by atoms with E-state index in [0.717, 1.165) is 31.3 Å². The number of aromatic carboxylic acids is 1. The molecular weight excluding hydrogens is 333 g/mol. The topological polar surface area (TPSA) is 93.1 Å². The lowest BCUT2D eigenvalue weighted by atomic mass is 10.1. The van der Waals surface area contributed by atoms with E-state index in [-0.39, 0.29) is 17.0 Å². The number of halogens is 1. The van der Waals surface area contributed by atoms with Gasteiger partial charge in [-0.1, -0.05) is 6.08 Å². The zero-order valence-corrected chi connectivity index (χ0v) is 13.4. The summed E-state index contributed by atoms with van der Waals surface area (Å²) in [6, 6.07) is 3.05. The van der Waals surface area contributed by atoms with Crippen molar-refractivity contribution in [3.8, 4) is 0 Å². The van der Waals surface area contributed by atoms with Crippen molar-refractivity contribution in [1.29, 1.82) is 0 Å². The molecule has 0 amide bonds. The van der Waals surface area contributed by atoms with Gasteiger partial charge in [-0.3, -0.25) is 0 Å². The third kappa shape index (κ3) is 3.57. The standard InChI is InChI=1S/C17H14FNO6/c1-24-16(22)11-5-3-4-8-19(14(11)17(23)25-2)13-7-6-10(18)9-12(13)15(20)21/h3-9H,1-2H3,(H,20,21). The maximum atomic E-state index is 13.4. The Morgan fingerprint density at radius 3 is 2.36 bits per heavy atom. The Kier molecular flexibility index (Phi) is 5.33. The van der Waals surface area contributed by atoms with Crippen LogP contribution in [-0.2, 0) is 19.1 Å². The van der Waals surface area contributed by atoms with E-state index < -0.39 is 29.3 Å². The second-order valence-corrected chi connectivity index (χ2v) is 4.78. The highest BCUT2D eigenvalue weighted by molar-refractivity contribution is 6.07. The molecule has 0 radical (unpaired) electrons. The first-order valence-corrected chi connectivity index (χ1v) is 6.98. The quantitative estimate of drug-likeness (QED) is 0.833. The number of methoxy groups -OCH3 is 2. The number of allylic oxidation sites excluding steroid dienone is 2. The summed E-state index contributed by atoms with van der Waals surface area (Å²) in [6.07, 6.45) is 5.64. The van der Waals surface area contributed by atoms with Crippen molar-refractivity contribution in [1.82, 2.24) is 0 Å². The van der Waals surface area contributed by atoms with Gasteiger partial charge in [-0.25, -0.2) is 18.8 Å². The Bertz CT molecular complexity index is 824. The van der Waals surface area contributed by atoms with Gasteiger partial charge in [0.1, 0.15) is 11.5 Å². The van der Waals surface area contributed by atoms with E-state index in [1.54, 1.807) is 0 Å². The summed E-state index contributed by atoms with van der Waals surface area (Å²) in [5.74, 6) is -3.86. The Labute approximate surface area is 142 Å². The van der Waals surface area contributed by atoms with E-state index in [9.17, 15) is 23.9 Å². The smallest absolute Gasteiger partial charge is 0.355 e. The average molecular weight is 347 g/mol. The molecule has 7 nitrogen and oxygen atoms in total. The van der Waals surface area contributed by atoms with Crippen LogP contribution in [0.15, 0.2) is 53.9 Å². The van der Waals surface area contributed by atoms with Crippen LogP contribution in [0.4, 0.5) is 10.1 Å². The first-order valence-electron chi connectivity index (χ1n) is 6.98. The van der Waals surface area contributed by atoms with Gasteiger partial charge in [0.15, 0.2) is 0 Å². The Morgan fingerprint density at radius 1 is 1.08 bits per heavy atom. The third-order valence-electron chi connectivity index (χ3n) is 3.34. The summed E-state index contributed by atoms with van der Waals surface area (Å²) in [5, 5.41) is 9.34. The van der Waals surface area contributed by atoms with Gasteiger partial charge in [-0.15, -0.1) is 0 Å². The van der Waals surface area contributed by atoms with Gasteiger partial charge in [0, 0.05) is 6.20 Å². The maximum absolute atomic E-state index is 13.4. The molecule has 130 valence electrons. The molecule has 8 heteroatoms. The minimum absolute atomic E-state index is 0.0179. The van der Waals surface area contributed by atoms with E-state index in [4.69, 9.17) is 4.74 Å². The summed E-state index contributed by atoms with van der Waals surface area (Å²) in [7, 11) is 2.25. The number of carboxylic acid groups (broad SMARTS) is 1. The van der Waals surface area contributed by atoms with Crippen LogP contribution in [0.3, 0.4) is 0 Å². The first kappa shape index (κ1) is 17.9. The van der Waals surface area contributed by atoms with Gasteiger partial charge in [-0.05, 0) is 30.4 Å². The van der Waals surface area contributed by atoms with Gasteiger partial charge in [0.25, 0.3) is 0 Å². The number of anilines is 1. The molecule has 1 aliphatic heterocycles.